The standard InChI is InChI=1S/C35H56O5Si/c1-24-18-27(23-39-41(7,8)32(2,3)4)40-35(24)17-16-33(5)19-28-31(26(21-36)14-15-30(33)35)29(20-34(28,6)37)38-22-25-12-10-9-11-13-25/h9-14,24,27-31,36-37H,15-23H2,1-8H3/b26-14-/t24-,27+,28-,29-,30+,31+,33+,34+,35-/m0/s1. The molecule has 1 saturated heterocycles. The van der Waals surface area contributed by atoms with Gasteiger partial charge in [-0.15, -0.1) is 0 Å². The highest BCUT2D eigenvalue weighted by Crippen LogP contribution is 2.64. The van der Waals surface area contributed by atoms with Gasteiger partial charge in [-0.05, 0) is 91.5 Å². The molecule has 2 saturated carbocycles. The first kappa shape index (κ1) is 31.4. The summed E-state index contributed by atoms with van der Waals surface area (Å²) in [6.07, 6.45) is 7.97. The Morgan fingerprint density at radius 3 is 2.44 bits per heavy atom. The molecule has 0 amide bonds. The predicted molar refractivity (Wildman–Crippen MR) is 167 cm³/mol. The van der Waals surface area contributed by atoms with Gasteiger partial charge in [0, 0.05) is 12.3 Å². The summed E-state index contributed by atoms with van der Waals surface area (Å²) in [7, 11) is -1.85. The van der Waals surface area contributed by atoms with E-state index in [0.29, 0.717) is 31.5 Å². The lowest BCUT2D eigenvalue weighted by Gasteiger charge is -2.46. The minimum atomic E-state index is -1.85. The summed E-state index contributed by atoms with van der Waals surface area (Å²) in [5, 5.41) is 22.7. The van der Waals surface area contributed by atoms with E-state index >= 15 is 0 Å². The van der Waals surface area contributed by atoms with Gasteiger partial charge in [0.15, 0.2) is 8.32 Å². The lowest BCUT2D eigenvalue weighted by atomic mass is 9.62. The van der Waals surface area contributed by atoms with Gasteiger partial charge in [0.2, 0.25) is 0 Å². The molecule has 5 rings (SSSR count). The van der Waals surface area contributed by atoms with Crippen molar-refractivity contribution in [3.8, 4) is 0 Å². The van der Waals surface area contributed by atoms with Gasteiger partial charge in [-0.25, -0.2) is 0 Å². The summed E-state index contributed by atoms with van der Waals surface area (Å²) in [5.41, 5.74) is 1.22. The average molecular weight is 585 g/mol. The Morgan fingerprint density at radius 1 is 1.07 bits per heavy atom. The zero-order valence-electron chi connectivity index (χ0n) is 26.9. The number of allylic oxidation sites excluding steroid dienone is 1. The first-order valence-corrected chi connectivity index (χ1v) is 19.0. The quantitative estimate of drug-likeness (QED) is 0.261. The van der Waals surface area contributed by atoms with E-state index in [0.717, 1.165) is 43.2 Å². The number of hydrogen-bond acceptors (Lipinski definition) is 5. The summed E-state index contributed by atoms with van der Waals surface area (Å²) in [4.78, 5) is 0. The normalized spacial score (nSPS) is 42.4. The van der Waals surface area contributed by atoms with E-state index in [1.807, 2.05) is 25.1 Å². The average Bonchev–Trinajstić information content (AvgIpc) is 3.45. The fourth-order valence-corrected chi connectivity index (χ4v) is 9.80. The van der Waals surface area contributed by atoms with Gasteiger partial charge in [0.1, 0.15) is 0 Å². The van der Waals surface area contributed by atoms with Crippen LogP contribution in [-0.4, -0.2) is 55.2 Å². The molecule has 1 aliphatic heterocycles. The van der Waals surface area contributed by atoms with Crippen LogP contribution in [-0.2, 0) is 20.5 Å². The maximum atomic E-state index is 11.9. The molecule has 41 heavy (non-hydrogen) atoms. The highest BCUT2D eigenvalue weighted by Gasteiger charge is 2.64. The van der Waals surface area contributed by atoms with Crippen molar-refractivity contribution in [1.29, 1.82) is 0 Å². The van der Waals surface area contributed by atoms with Crippen molar-refractivity contribution in [2.75, 3.05) is 13.2 Å². The van der Waals surface area contributed by atoms with Crippen molar-refractivity contribution in [2.45, 2.75) is 128 Å². The van der Waals surface area contributed by atoms with Crippen LogP contribution in [0.1, 0.15) is 85.6 Å². The predicted octanol–water partition coefficient (Wildman–Crippen LogP) is 7.27. The van der Waals surface area contributed by atoms with Gasteiger partial charge >= 0.3 is 0 Å². The molecule has 5 nitrogen and oxygen atoms in total. The fraction of sp³-hybridized carbons (Fsp3) is 0.771. The third-order valence-corrected chi connectivity index (χ3v) is 16.8. The van der Waals surface area contributed by atoms with Crippen LogP contribution in [0.3, 0.4) is 0 Å². The van der Waals surface area contributed by atoms with Crippen LogP contribution < -0.4 is 0 Å². The van der Waals surface area contributed by atoms with Gasteiger partial charge in [-0.1, -0.05) is 71.0 Å². The Hall–Kier alpha value is -1.02. The molecule has 1 aromatic rings. The third kappa shape index (κ3) is 5.79. The molecule has 230 valence electrons. The summed E-state index contributed by atoms with van der Waals surface area (Å²) in [6.45, 7) is 19.6. The Bertz CT molecular complexity index is 1090. The fourth-order valence-electron chi connectivity index (χ4n) is 8.76. The van der Waals surface area contributed by atoms with E-state index in [-0.39, 0.29) is 46.7 Å². The second kappa shape index (κ2) is 11.2. The Morgan fingerprint density at radius 2 is 1.78 bits per heavy atom. The first-order chi connectivity index (χ1) is 19.1. The molecule has 2 N–H and O–H groups in total. The molecule has 6 heteroatoms. The minimum Gasteiger partial charge on any atom is -0.414 e. The second-order valence-electron chi connectivity index (χ2n) is 16.0. The molecule has 3 fully saturated rings. The summed E-state index contributed by atoms with van der Waals surface area (Å²) in [5.74, 6) is 0.875. The summed E-state index contributed by atoms with van der Waals surface area (Å²) in [6, 6.07) is 10.3. The van der Waals surface area contributed by atoms with E-state index in [2.05, 4.69) is 65.9 Å². The summed E-state index contributed by atoms with van der Waals surface area (Å²) >= 11 is 0. The molecular weight excluding hydrogens is 528 g/mol. The zero-order chi connectivity index (χ0) is 29.8. The van der Waals surface area contributed by atoms with Gasteiger partial charge < -0.3 is 24.1 Å². The van der Waals surface area contributed by atoms with Crippen LogP contribution in [0, 0.1) is 29.1 Å². The highest BCUT2D eigenvalue weighted by molar-refractivity contribution is 6.74. The van der Waals surface area contributed by atoms with Crippen LogP contribution in [0.2, 0.25) is 18.1 Å². The largest absolute Gasteiger partial charge is 0.414 e. The molecule has 1 aromatic carbocycles. The van der Waals surface area contributed by atoms with E-state index in [1.165, 1.54) is 0 Å². The van der Waals surface area contributed by atoms with Gasteiger partial charge in [-0.2, -0.15) is 0 Å². The molecule has 1 heterocycles. The lowest BCUT2D eigenvalue weighted by molar-refractivity contribution is -0.112. The number of fused-ring (bicyclic) bond motifs is 3. The number of aliphatic hydroxyl groups excluding tert-OH is 1. The molecule has 9 atom stereocenters. The smallest absolute Gasteiger partial charge is 0.192 e. The monoisotopic (exact) mass is 584 g/mol. The van der Waals surface area contributed by atoms with Crippen LogP contribution in [0.15, 0.2) is 42.0 Å². The summed E-state index contributed by atoms with van der Waals surface area (Å²) < 4.78 is 20.3. The second-order valence-corrected chi connectivity index (χ2v) is 20.8. The molecule has 1 spiro atoms. The van der Waals surface area contributed by atoms with Crippen LogP contribution in [0.25, 0.3) is 0 Å². The van der Waals surface area contributed by atoms with Crippen LogP contribution >= 0.6 is 0 Å². The van der Waals surface area contributed by atoms with E-state index in [4.69, 9.17) is 13.9 Å². The molecule has 0 unspecified atom stereocenters. The Labute approximate surface area is 250 Å². The zero-order valence-corrected chi connectivity index (χ0v) is 27.9. The molecule has 4 aliphatic rings. The van der Waals surface area contributed by atoms with Crippen molar-refractivity contribution in [3.63, 3.8) is 0 Å². The van der Waals surface area contributed by atoms with Crippen molar-refractivity contribution in [1.82, 2.24) is 0 Å². The Balaban J connectivity index is 1.38. The lowest BCUT2D eigenvalue weighted by Crippen LogP contribution is -2.47. The van der Waals surface area contributed by atoms with Gasteiger partial charge in [0.05, 0.1) is 43.2 Å². The number of rotatable bonds is 7. The number of benzene rings is 1. The van der Waals surface area contributed by atoms with Crippen molar-refractivity contribution in [2.24, 2.45) is 29.1 Å². The van der Waals surface area contributed by atoms with Crippen molar-refractivity contribution >= 4 is 8.32 Å². The van der Waals surface area contributed by atoms with Crippen molar-refractivity contribution in [3.05, 3.63) is 47.5 Å². The maximum Gasteiger partial charge on any atom is 0.192 e. The topological polar surface area (TPSA) is 68.2 Å². The van der Waals surface area contributed by atoms with Gasteiger partial charge in [-0.3, -0.25) is 0 Å². The molecule has 0 aromatic heterocycles. The number of ether oxygens (including phenoxy) is 2. The van der Waals surface area contributed by atoms with Crippen molar-refractivity contribution < 1.29 is 24.1 Å². The van der Waals surface area contributed by atoms with E-state index in [9.17, 15) is 10.2 Å². The molecule has 3 aliphatic carbocycles. The molecule has 0 bridgehead atoms. The molecule has 0 radical (unpaired) electrons. The van der Waals surface area contributed by atoms with E-state index < -0.39 is 13.9 Å². The van der Waals surface area contributed by atoms with Crippen LogP contribution in [0.4, 0.5) is 0 Å². The van der Waals surface area contributed by atoms with Gasteiger partial charge in [0.25, 0.3) is 0 Å². The maximum absolute atomic E-state index is 11.9. The Kier molecular flexibility index (Phi) is 8.55. The molecular formula is C35H56O5Si. The number of aliphatic hydroxyl groups is 2. The van der Waals surface area contributed by atoms with E-state index in [1.54, 1.807) is 0 Å². The SMILES string of the molecule is C[C@H]1C[C@H](CO[Si](C)(C)C(C)(C)C)O[C@@]12CC[C@]1(C)C[C@H]3[C@@H](/C(CO)=C\C[C@H]12)[C@@H](OCc1ccccc1)C[C@@]3(C)O. The first-order valence-electron chi connectivity index (χ1n) is 16.1. The minimum absolute atomic E-state index is 0.0122. The third-order valence-electron chi connectivity index (χ3n) is 12.3. The highest BCUT2D eigenvalue weighted by atomic mass is 28.4. The van der Waals surface area contributed by atoms with Crippen LogP contribution in [0.5, 0.6) is 0 Å². The number of hydrogen-bond donors (Lipinski definition) is 2.